The van der Waals surface area contributed by atoms with E-state index in [9.17, 15) is 4.79 Å². The highest BCUT2D eigenvalue weighted by Crippen LogP contribution is 2.31. The fourth-order valence-electron chi connectivity index (χ4n) is 3.47. The highest BCUT2D eigenvalue weighted by atomic mass is 16.5. The van der Waals surface area contributed by atoms with Crippen molar-refractivity contribution in [2.45, 2.75) is 32.2 Å². The summed E-state index contributed by atoms with van der Waals surface area (Å²) in [5, 5.41) is 7.17. The SMILES string of the molecule is Cc1noc(-c2ccncc2)c1C(=O)NC1CCCc2ccccc21. The molecule has 126 valence electrons. The molecule has 25 heavy (non-hydrogen) atoms. The van der Waals surface area contributed by atoms with Crippen LogP contribution in [-0.2, 0) is 6.42 Å². The van der Waals surface area contributed by atoms with Crippen molar-refractivity contribution in [2.75, 3.05) is 0 Å². The van der Waals surface area contributed by atoms with E-state index in [1.807, 2.05) is 18.2 Å². The van der Waals surface area contributed by atoms with Crippen LogP contribution in [0, 0.1) is 6.92 Å². The molecule has 1 unspecified atom stereocenters. The fourth-order valence-corrected chi connectivity index (χ4v) is 3.47. The number of hydrogen-bond acceptors (Lipinski definition) is 4. The molecule has 2 aromatic heterocycles. The highest BCUT2D eigenvalue weighted by molar-refractivity contribution is 6.00. The van der Waals surface area contributed by atoms with Crippen molar-refractivity contribution in [3.8, 4) is 11.3 Å². The van der Waals surface area contributed by atoms with E-state index in [-0.39, 0.29) is 11.9 Å². The Morgan fingerprint density at radius 1 is 1.20 bits per heavy atom. The molecule has 0 saturated heterocycles. The van der Waals surface area contributed by atoms with Gasteiger partial charge in [-0.25, -0.2) is 0 Å². The van der Waals surface area contributed by atoms with Gasteiger partial charge in [0, 0.05) is 18.0 Å². The van der Waals surface area contributed by atoms with Crippen LogP contribution >= 0.6 is 0 Å². The molecule has 5 heteroatoms. The van der Waals surface area contributed by atoms with Gasteiger partial charge in [0.2, 0.25) is 0 Å². The van der Waals surface area contributed by atoms with E-state index < -0.39 is 0 Å². The molecular formula is C20H19N3O2. The van der Waals surface area contributed by atoms with E-state index in [0.29, 0.717) is 17.0 Å². The van der Waals surface area contributed by atoms with E-state index in [0.717, 1.165) is 24.8 Å². The number of rotatable bonds is 3. The lowest BCUT2D eigenvalue weighted by Crippen LogP contribution is -2.31. The average molecular weight is 333 g/mol. The number of nitrogens with one attached hydrogen (secondary N) is 1. The van der Waals surface area contributed by atoms with E-state index in [1.54, 1.807) is 19.3 Å². The molecule has 0 saturated carbocycles. The van der Waals surface area contributed by atoms with Gasteiger partial charge in [0.05, 0.1) is 11.7 Å². The Morgan fingerprint density at radius 3 is 2.84 bits per heavy atom. The Hall–Kier alpha value is -2.95. The zero-order valence-corrected chi connectivity index (χ0v) is 14.0. The second-order valence-electron chi connectivity index (χ2n) is 6.33. The summed E-state index contributed by atoms with van der Waals surface area (Å²) in [5.41, 5.74) is 4.41. The lowest BCUT2D eigenvalue weighted by molar-refractivity contribution is 0.0932. The topological polar surface area (TPSA) is 68.0 Å². The summed E-state index contributed by atoms with van der Waals surface area (Å²) < 4.78 is 5.42. The number of pyridine rings is 1. The zero-order valence-electron chi connectivity index (χ0n) is 14.0. The van der Waals surface area contributed by atoms with Gasteiger partial charge in [0.25, 0.3) is 5.91 Å². The van der Waals surface area contributed by atoms with E-state index in [2.05, 4.69) is 33.7 Å². The molecule has 1 amide bonds. The van der Waals surface area contributed by atoms with Crippen LogP contribution in [-0.4, -0.2) is 16.0 Å². The number of benzene rings is 1. The minimum Gasteiger partial charge on any atom is -0.355 e. The summed E-state index contributed by atoms with van der Waals surface area (Å²) in [6, 6.07) is 12.0. The third kappa shape index (κ3) is 2.93. The van der Waals surface area contributed by atoms with Crippen molar-refractivity contribution in [3.05, 3.63) is 71.2 Å². The molecule has 0 spiro atoms. The van der Waals surface area contributed by atoms with Crippen LogP contribution in [0.25, 0.3) is 11.3 Å². The largest absolute Gasteiger partial charge is 0.355 e. The van der Waals surface area contributed by atoms with Gasteiger partial charge in [-0.1, -0.05) is 29.4 Å². The van der Waals surface area contributed by atoms with Crippen LogP contribution in [0.4, 0.5) is 0 Å². The number of nitrogens with zero attached hydrogens (tertiary/aromatic N) is 2. The van der Waals surface area contributed by atoms with Crippen LogP contribution in [0.1, 0.15) is 46.1 Å². The molecule has 3 aromatic rings. The molecule has 1 aliphatic carbocycles. The van der Waals surface area contributed by atoms with Crippen molar-refractivity contribution < 1.29 is 9.32 Å². The van der Waals surface area contributed by atoms with Gasteiger partial charge in [-0.2, -0.15) is 0 Å². The third-order valence-corrected chi connectivity index (χ3v) is 4.71. The van der Waals surface area contributed by atoms with Crippen LogP contribution in [0.15, 0.2) is 53.3 Å². The summed E-state index contributed by atoms with van der Waals surface area (Å²) in [6.07, 6.45) is 6.43. The first-order valence-electron chi connectivity index (χ1n) is 8.49. The summed E-state index contributed by atoms with van der Waals surface area (Å²) in [7, 11) is 0. The monoisotopic (exact) mass is 333 g/mol. The van der Waals surface area contributed by atoms with Gasteiger partial charge >= 0.3 is 0 Å². The van der Waals surface area contributed by atoms with Crippen molar-refractivity contribution in [3.63, 3.8) is 0 Å². The summed E-state index contributed by atoms with van der Waals surface area (Å²) >= 11 is 0. The number of aryl methyl sites for hydroxylation is 2. The number of fused-ring (bicyclic) bond motifs is 1. The van der Waals surface area contributed by atoms with Crippen molar-refractivity contribution in [2.24, 2.45) is 0 Å². The molecule has 4 rings (SSSR count). The lowest BCUT2D eigenvalue weighted by Gasteiger charge is -2.26. The predicted molar refractivity (Wildman–Crippen MR) is 94.1 cm³/mol. The highest BCUT2D eigenvalue weighted by Gasteiger charge is 2.26. The number of hydrogen-bond donors (Lipinski definition) is 1. The minimum absolute atomic E-state index is 0.0250. The van der Waals surface area contributed by atoms with Gasteiger partial charge in [-0.05, 0) is 49.4 Å². The van der Waals surface area contributed by atoms with Crippen LogP contribution < -0.4 is 5.32 Å². The maximum atomic E-state index is 13.0. The number of carbonyl (C=O) groups is 1. The quantitative estimate of drug-likeness (QED) is 0.790. The van der Waals surface area contributed by atoms with E-state index >= 15 is 0 Å². The van der Waals surface area contributed by atoms with Gasteiger partial charge in [0.15, 0.2) is 5.76 Å². The molecular weight excluding hydrogens is 314 g/mol. The zero-order chi connectivity index (χ0) is 17.2. The lowest BCUT2D eigenvalue weighted by atomic mass is 9.87. The Labute approximate surface area is 146 Å². The van der Waals surface area contributed by atoms with Crippen molar-refractivity contribution >= 4 is 5.91 Å². The van der Waals surface area contributed by atoms with E-state index in [1.165, 1.54) is 11.1 Å². The second kappa shape index (κ2) is 6.51. The summed E-state index contributed by atoms with van der Waals surface area (Å²) in [4.78, 5) is 17.0. The standard InChI is InChI=1S/C20H19N3O2/c1-13-18(19(25-23-13)15-9-11-21-12-10-15)20(24)22-17-8-4-6-14-5-2-3-7-16(14)17/h2-3,5,7,9-12,17H,4,6,8H2,1H3,(H,22,24). The molecule has 0 fully saturated rings. The molecule has 5 nitrogen and oxygen atoms in total. The summed E-state index contributed by atoms with van der Waals surface area (Å²) in [5.74, 6) is 0.341. The maximum Gasteiger partial charge on any atom is 0.257 e. The Kier molecular flexibility index (Phi) is 4.06. The second-order valence-corrected chi connectivity index (χ2v) is 6.33. The van der Waals surface area contributed by atoms with Crippen LogP contribution in [0.5, 0.6) is 0 Å². The van der Waals surface area contributed by atoms with Gasteiger partial charge in [-0.15, -0.1) is 0 Å². The third-order valence-electron chi connectivity index (χ3n) is 4.71. The van der Waals surface area contributed by atoms with Gasteiger partial charge < -0.3 is 9.84 Å². The van der Waals surface area contributed by atoms with Crippen LogP contribution in [0.2, 0.25) is 0 Å². The molecule has 0 radical (unpaired) electrons. The van der Waals surface area contributed by atoms with E-state index in [4.69, 9.17) is 4.52 Å². The Balaban J connectivity index is 1.64. The minimum atomic E-state index is -0.146. The maximum absolute atomic E-state index is 13.0. The number of aromatic nitrogens is 2. The molecule has 1 atom stereocenters. The Morgan fingerprint density at radius 2 is 2.00 bits per heavy atom. The van der Waals surface area contributed by atoms with Gasteiger partial charge in [0.1, 0.15) is 5.56 Å². The molecule has 1 aromatic carbocycles. The van der Waals surface area contributed by atoms with Crippen LogP contribution in [0.3, 0.4) is 0 Å². The normalized spacial score (nSPS) is 16.3. The fraction of sp³-hybridized carbons (Fsp3) is 0.250. The first kappa shape index (κ1) is 15.6. The molecule has 2 heterocycles. The molecule has 0 bridgehead atoms. The smallest absolute Gasteiger partial charge is 0.257 e. The van der Waals surface area contributed by atoms with Crippen molar-refractivity contribution in [1.29, 1.82) is 0 Å². The number of carbonyl (C=O) groups excluding carboxylic acids is 1. The number of amides is 1. The first-order valence-corrected chi connectivity index (χ1v) is 8.49. The average Bonchev–Trinajstić information content (AvgIpc) is 3.04. The molecule has 1 aliphatic rings. The van der Waals surface area contributed by atoms with Crippen molar-refractivity contribution in [1.82, 2.24) is 15.5 Å². The molecule has 0 aliphatic heterocycles. The predicted octanol–water partition coefficient (Wildman–Crippen LogP) is 3.85. The molecule has 1 N–H and O–H groups in total. The first-order chi connectivity index (χ1) is 12.2. The Bertz CT molecular complexity index is 902. The van der Waals surface area contributed by atoms with Gasteiger partial charge in [-0.3, -0.25) is 9.78 Å². The summed E-state index contributed by atoms with van der Waals surface area (Å²) in [6.45, 7) is 1.79.